The van der Waals surface area contributed by atoms with Gasteiger partial charge in [-0.25, -0.2) is 0 Å². The lowest BCUT2D eigenvalue weighted by atomic mass is 9.82. The summed E-state index contributed by atoms with van der Waals surface area (Å²) in [4.78, 5) is 10.9. The van der Waals surface area contributed by atoms with E-state index in [4.69, 9.17) is 20.9 Å². The van der Waals surface area contributed by atoms with Crippen molar-refractivity contribution in [2.45, 2.75) is 58.8 Å². The number of aliphatic carboxylic acids is 1. The number of unbranched alkanes of at least 4 members (excludes halogenated alkanes) is 1. The summed E-state index contributed by atoms with van der Waals surface area (Å²) >= 11 is 0. The van der Waals surface area contributed by atoms with Crippen molar-refractivity contribution in [1.29, 1.82) is 0 Å². The minimum absolute atomic E-state index is 0.198. The fourth-order valence-corrected chi connectivity index (χ4v) is 1.35. The van der Waals surface area contributed by atoms with Gasteiger partial charge in [0.1, 0.15) is 5.54 Å². The highest BCUT2D eigenvalue weighted by molar-refractivity contribution is 6.40. The normalized spacial score (nSPS) is 12.2. The Morgan fingerprint density at radius 3 is 2.00 bits per heavy atom. The second kappa shape index (κ2) is 15.4. The Bertz CT molecular complexity index is 206. The Labute approximate surface area is 117 Å². The molecule has 6 nitrogen and oxygen atoms in total. The molecule has 0 amide bonds. The number of nitrogens with two attached hydrogens (primary N) is 1. The molecule has 0 saturated carbocycles. The molecule has 0 heterocycles. The molecule has 6 N–H and O–H groups in total. The van der Waals surface area contributed by atoms with E-state index in [0.717, 1.165) is 0 Å². The van der Waals surface area contributed by atoms with E-state index < -0.39 is 18.6 Å². The van der Waals surface area contributed by atoms with Gasteiger partial charge < -0.3 is 26.2 Å². The Kier molecular flexibility index (Phi) is 19.1. The van der Waals surface area contributed by atoms with Crippen LogP contribution in [0.1, 0.15) is 47.0 Å². The number of likely N-dealkylation sites (N-methyl/N-ethyl adjacent to an activating group) is 1. The number of rotatable bonds is 8. The molecule has 19 heavy (non-hydrogen) atoms. The molecule has 0 aliphatic carbocycles. The zero-order chi connectivity index (χ0) is 15.9. The molecule has 0 bridgehead atoms. The molecule has 0 aromatic heterocycles. The first-order chi connectivity index (χ1) is 8.92. The quantitative estimate of drug-likeness (QED) is 0.329. The van der Waals surface area contributed by atoms with Crippen LogP contribution < -0.4 is 11.1 Å². The highest BCUT2D eigenvalue weighted by atomic mass is 16.4. The summed E-state index contributed by atoms with van der Waals surface area (Å²) in [5.74, 6) is -1.04. The van der Waals surface area contributed by atoms with Gasteiger partial charge in [0.15, 0.2) is 0 Å². The Hall–Kier alpha value is -0.625. The monoisotopic (exact) mass is 278 g/mol. The molecular formula is C12H31BN2O4. The molecule has 7 heteroatoms. The molecule has 0 aromatic carbocycles. The predicted molar refractivity (Wildman–Crippen MR) is 80.0 cm³/mol. The van der Waals surface area contributed by atoms with Gasteiger partial charge in [-0.15, -0.1) is 0 Å². The predicted octanol–water partition coefficient (Wildman–Crippen LogP) is 0.683. The third kappa shape index (κ3) is 13.6. The minimum Gasteiger partial charge on any atom is -0.480 e. The summed E-state index contributed by atoms with van der Waals surface area (Å²) in [7, 11) is 0.313. The lowest BCUT2D eigenvalue weighted by molar-refractivity contribution is -0.143. The highest BCUT2D eigenvalue weighted by Gasteiger charge is 2.32. The molecule has 0 rings (SSSR count). The third-order valence-corrected chi connectivity index (χ3v) is 2.25. The van der Waals surface area contributed by atoms with Gasteiger partial charge in [0, 0.05) is 6.54 Å². The van der Waals surface area contributed by atoms with Crippen LogP contribution in [0, 0.1) is 0 Å². The summed E-state index contributed by atoms with van der Waals surface area (Å²) in [6.45, 7) is 8.20. The summed E-state index contributed by atoms with van der Waals surface area (Å²) in [5, 5.41) is 28.8. The minimum atomic E-state index is -1.33. The maximum Gasteiger partial charge on any atom is 0.451 e. The zero-order valence-electron chi connectivity index (χ0n) is 12.9. The van der Waals surface area contributed by atoms with Crippen molar-refractivity contribution in [1.82, 2.24) is 5.32 Å². The van der Waals surface area contributed by atoms with E-state index in [2.05, 4.69) is 5.32 Å². The third-order valence-electron chi connectivity index (χ3n) is 2.25. The summed E-state index contributed by atoms with van der Waals surface area (Å²) in [5.41, 5.74) is 4.41. The van der Waals surface area contributed by atoms with E-state index in [1.165, 1.54) is 0 Å². The average molecular weight is 278 g/mol. The van der Waals surface area contributed by atoms with E-state index in [1.807, 2.05) is 27.7 Å². The van der Waals surface area contributed by atoms with Crippen LogP contribution in [0.3, 0.4) is 0 Å². The molecule has 1 atom stereocenters. The molecule has 0 aliphatic heterocycles. The van der Waals surface area contributed by atoms with Gasteiger partial charge in [0.05, 0.1) is 0 Å². The Morgan fingerprint density at radius 1 is 1.21 bits per heavy atom. The molecule has 116 valence electrons. The molecule has 0 aromatic rings. The highest BCUT2D eigenvalue weighted by Crippen LogP contribution is 2.12. The molecule has 1 unspecified atom stereocenters. The average Bonchev–Trinajstić information content (AvgIpc) is 2.39. The number of carboxylic acid groups (broad SMARTS) is 1. The van der Waals surface area contributed by atoms with Crippen LogP contribution >= 0.6 is 0 Å². The van der Waals surface area contributed by atoms with Crippen molar-refractivity contribution in [3.05, 3.63) is 0 Å². The van der Waals surface area contributed by atoms with Crippen molar-refractivity contribution in [2.75, 3.05) is 13.6 Å². The first kappa shape index (κ1) is 23.5. The second-order valence-corrected chi connectivity index (χ2v) is 3.72. The lowest BCUT2D eigenvalue weighted by Crippen LogP contribution is -2.54. The first-order valence-electron chi connectivity index (χ1n) is 6.95. The van der Waals surface area contributed by atoms with Crippen LogP contribution in [0.5, 0.6) is 0 Å². The van der Waals surface area contributed by atoms with Gasteiger partial charge in [-0.3, -0.25) is 4.79 Å². The van der Waals surface area contributed by atoms with Crippen molar-refractivity contribution in [2.24, 2.45) is 5.73 Å². The first-order valence-corrected chi connectivity index (χ1v) is 6.95. The smallest absolute Gasteiger partial charge is 0.451 e. The topological polar surface area (TPSA) is 116 Å². The molecule has 0 radical (unpaired) electrons. The number of hydrogen-bond donors (Lipinski definition) is 5. The van der Waals surface area contributed by atoms with Crippen LogP contribution in [-0.4, -0.2) is 47.4 Å². The van der Waals surface area contributed by atoms with Crippen molar-refractivity contribution >= 4 is 13.1 Å². The second-order valence-electron chi connectivity index (χ2n) is 3.72. The molecule has 0 saturated heterocycles. The van der Waals surface area contributed by atoms with Gasteiger partial charge in [-0.2, -0.15) is 0 Å². The van der Waals surface area contributed by atoms with Gasteiger partial charge in [0.25, 0.3) is 0 Å². The van der Waals surface area contributed by atoms with Crippen LogP contribution in [0.4, 0.5) is 0 Å². The van der Waals surface area contributed by atoms with Crippen molar-refractivity contribution in [3.8, 4) is 0 Å². The van der Waals surface area contributed by atoms with Gasteiger partial charge >= 0.3 is 13.1 Å². The van der Waals surface area contributed by atoms with E-state index in [9.17, 15) is 4.79 Å². The number of hydrogen-bond acceptors (Lipinski definition) is 5. The van der Waals surface area contributed by atoms with Crippen LogP contribution in [0.25, 0.3) is 0 Å². The lowest BCUT2D eigenvalue weighted by Gasteiger charge is -2.24. The van der Waals surface area contributed by atoms with Gasteiger partial charge in [0.2, 0.25) is 0 Å². The number of carbonyl (C=O) groups is 1. The maximum absolute atomic E-state index is 10.9. The molecule has 0 fully saturated rings. The fourth-order valence-electron chi connectivity index (χ4n) is 1.35. The molecule has 0 aliphatic rings. The number of nitrogens with one attached hydrogen (secondary N) is 1. The maximum atomic E-state index is 10.9. The number of carboxylic acids is 1. The summed E-state index contributed by atoms with van der Waals surface area (Å²) in [6.07, 6.45) is 1.67. The SMILES string of the molecule is CC.CC.CNCC(N)(CCCCB(O)O)C(=O)O. The van der Waals surface area contributed by atoms with Crippen molar-refractivity contribution < 1.29 is 19.9 Å². The van der Waals surface area contributed by atoms with E-state index in [-0.39, 0.29) is 12.9 Å². The van der Waals surface area contributed by atoms with E-state index in [1.54, 1.807) is 7.05 Å². The van der Waals surface area contributed by atoms with E-state index >= 15 is 0 Å². The van der Waals surface area contributed by atoms with Crippen LogP contribution in [-0.2, 0) is 4.79 Å². The van der Waals surface area contributed by atoms with Crippen LogP contribution in [0.2, 0.25) is 6.32 Å². The molecule has 0 spiro atoms. The summed E-state index contributed by atoms with van der Waals surface area (Å²) in [6, 6.07) is 0. The largest absolute Gasteiger partial charge is 0.480 e. The summed E-state index contributed by atoms with van der Waals surface area (Å²) < 4.78 is 0. The van der Waals surface area contributed by atoms with E-state index in [0.29, 0.717) is 19.3 Å². The van der Waals surface area contributed by atoms with Crippen molar-refractivity contribution in [3.63, 3.8) is 0 Å². The van der Waals surface area contributed by atoms with Gasteiger partial charge in [-0.05, 0) is 19.8 Å². The van der Waals surface area contributed by atoms with Crippen LogP contribution in [0.15, 0.2) is 0 Å². The standard InChI is InChI=1S/C8H19BN2O4.2C2H6/c1-11-6-8(10,7(12)13)4-2-3-5-9(14)15;2*1-2/h11,14-15H,2-6,10H2,1H3,(H,12,13);2*1-2H3. The van der Waals surface area contributed by atoms with Gasteiger partial charge in [-0.1, -0.05) is 40.5 Å². The fraction of sp³-hybridized carbons (Fsp3) is 0.917. The molecular weight excluding hydrogens is 247 g/mol. The zero-order valence-corrected chi connectivity index (χ0v) is 12.9. The Balaban J connectivity index is -0.000000579. The Morgan fingerprint density at radius 2 is 1.68 bits per heavy atom.